The van der Waals surface area contributed by atoms with Gasteiger partial charge in [-0.15, -0.1) is 11.3 Å². The van der Waals surface area contributed by atoms with Gasteiger partial charge in [0.1, 0.15) is 10.3 Å². The van der Waals surface area contributed by atoms with E-state index in [0.717, 1.165) is 16.9 Å². The van der Waals surface area contributed by atoms with Crippen molar-refractivity contribution in [2.45, 2.75) is 30.0 Å². The molecular formula is C16H16Cl2N2O3S2. The molecule has 1 atom stereocenters. The number of anilines is 1. The third-order valence-corrected chi connectivity index (χ3v) is 8.07. The molecule has 3 rings (SSSR count). The van der Waals surface area contributed by atoms with E-state index >= 15 is 0 Å². The van der Waals surface area contributed by atoms with Crippen LogP contribution in [0.25, 0.3) is 0 Å². The van der Waals surface area contributed by atoms with E-state index in [4.69, 9.17) is 23.2 Å². The molecule has 0 aliphatic carbocycles. The lowest BCUT2D eigenvalue weighted by Crippen LogP contribution is -2.42. The molecule has 25 heavy (non-hydrogen) atoms. The second-order valence-electron chi connectivity index (χ2n) is 5.79. The molecule has 1 fully saturated rings. The Kier molecular flexibility index (Phi) is 5.41. The predicted octanol–water partition coefficient (Wildman–Crippen LogP) is 4.16. The van der Waals surface area contributed by atoms with Gasteiger partial charge in [0.05, 0.1) is 4.34 Å². The zero-order valence-electron chi connectivity index (χ0n) is 13.3. The first-order valence-corrected chi connectivity index (χ1v) is 10.6. The third kappa shape index (κ3) is 3.85. The summed E-state index contributed by atoms with van der Waals surface area (Å²) in [5, 5.41) is 3.30. The van der Waals surface area contributed by atoms with Gasteiger partial charge in [-0.05, 0) is 49.6 Å². The average molecular weight is 419 g/mol. The summed E-state index contributed by atoms with van der Waals surface area (Å²) in [7, 11) is -3.74. The Morgan fingerprint density at radius 2 is 2.04 bits per heavy atom. The van der Waals surface area contributed by atoms with Crippen molar-refractivity contribution in [3.05, 3.63) is 45.3 Å². The van der Waals surface area contributed by atoms with Crippen LogP contribution in [0.5, 0.6) is 0 Å². The van der Waals surface area contributed by atoms with Crippen molar-refractivity contribution in [1.82, 2.24) is 4.31 Å². The summed E-state index contributed by atoms with van der Waals surface area (Å²) in [6.07, 6.45) is 1.11. The molecule has 1 aromatic heterocycles. The molecule has 1 N–H and O–H groups in total. The maximum Gasteiger partial charge on any atom is 0.253 e. The van der Waals surface area contributed by atoms with Crippen LogP contribution in [0, 0.1) is 6.92 Å². The summed E-state index contributed by atoms with van der Waals surface area (Å²) in [6.45, 7) is 2.18. The number of thiophene rings is 1. The van der Waals surface area contributed by atoms with Gasteiger partial charge in [-0.25, -0.2) is 8.42 Å². The molecule has 5 nitrogen and oxygen atoms in total. The number of nitrogens with one attached hydrogen (secondary N) is 1. The standard InChI is InChI=1S/C16H16Cl2N2O3S2/c1-10-4-5-11(9-12(10)17)19-16(21)13-3-2-8-20(13)25(22,23)15-7-6-14(18)24-15/h4-7,9,13H,2-3,8H2,1H3,(H,19,21). The molecular weight excluding hydrogens is 403 g/mol. The van der Waals surface area contributed by atoms with E-state index in [2.05, 4.69) is 5.32 Å². The van der Waals surface area contributed by atoms with Crippen LogP contribution in [-0.4, -0.2) is 31.2 Å². The van der Waals surface area contributed by atoms with E-state index in [1.54, 1.807) is 24.3 Å². The first kappa shape index (κ1) is 18.7. The second-order valence-corrected chi connectivity index (χ2v) is 10.0. The Morgan fingerprint density at radius 1 is 1.28 bits per heavy atom. The van der Waals surface area contributed by atoms with Crippen LogP contribution in [0.4, 0.5) is 5.69 Å². The fourth-order valence-corrected chi connectivity index (χ4v) is 6.19. The Hall–Kier alpha value is -1.12. The Morgan fingerprint density at radius 3 is 2.68 bits per heavy atom. The molecule has 1 aromatic carbocycles. The van der Waals surface area contributed by atoms with Crippen LogP contribution in [0.1, 0.15) is 18.4 Å². The van der Waals surface area contributed by atoms with E-state index in [-0.39, 0.29) is 10.1 Å². The summed E-state index contributed by atoms with van der Waals surface area (Å²) in [5.41, 5.74) is 1.45. The number of amides is 1. The number of aryl methyl sites for hydroxylation is 1. The summed E-state index contributed by atoms with van der Waals surface area (Å²) < 4.78 is 27.4. The maximum absolute atomic E-state index is 12.8. The quantitative estimate of drug-likeness (QED) is 0.810. The molecule has 1 saturated heterocycles. The number of carbonyl (C=O) groups excluding carboxylic acids is 1. The molecule has 0 radical (unpaired) electrons. The molecule has 2 aromatic rings. The molecule has 1 aliphatic rings. The number of sulfonamides is 1. The number of hydrogen-bond donors (Lipinski definition) is 1. The summed E-state index contributed by atoms with van der Waals surface area (Å²) in [6, 6.07) is 7.46. The lowest BCUT2D eigenvalue weighted by atomic mass is 10.2. The van der Waals surface area contributed by atoms with E-state index < -0.39 is 16.1 Å². The highest BCUT2D eigenvalue weighted by atomic mass is 35.5. The fraction of sp³-hybridized carbons (Fsp3) is 0.312. The van der Waals surface area contributed by atoms with Crippen LogP contribution in [-0.2, 0) is 14.8 Å². The summed E-state index contributed by atoms with van der Waals surface area (Å²) >= 11 is 12.9. The molecule has 1 unspecified atom stereocenters. The highest BCUT2D eigenvalue weighted by molar-refractivity contribution is 7.91. The number of carbonyl (C=O) groups is 1. The van der Waals surface area contributed by atoms with Gasteiger partial charge in [0.2, 0.25) is 5.91 Å². The number of halogens is 2. The Balaban J connectivity index is 1.81. The van der Waals surface area contributed by atoms with Gasteiger partial charge in [0.15, 0.2) is 0 Å². The Bertz CT molecular complexity index is 912. The van der Waals surface area contributed by atoms with Crippen molar-refractivity contribution in [3.8, 4) is 0 Å². The summed E-state index contributed by atoms with van der Waals surface area (Å²) in [4.78, 5) is 12.6. The van der Waals surface area contributed by atoms with E-state index in [1.807, 2.05) is 6.92 Å². The van der Waals surface area contributed by atoms with Crippen LogP contribution in [0.3, 0.4) is 0 Å². The number of hydrogen-bond acceptors (Lipinski definition) is 4. The predicted molar refractivity (Wildman–Crippen MR) is 101 cm³/mol. The van der Waals surface area contributed by atoms with Gasteiger partial charge in [-0.1, -0.05) is 29.3 Å². The zero-order chi connectivity index (χ0) is 18.2. The van der Waals surface area contributed by atoms with Gasteiger partial charge >= 0.3 is 0 Å². The monoisotopic (exact) mass is 418 g/mol. The van der Waals surface area contributed by atoms with E-state index in [9.17, 15) is 13.2 Å². The lowest BCUT2D eigenvalue weighted by Gasteiger charge is -2.22. The SMILES string of the molecule is Cc1ccc(NC(=O)C2CCCN2S(=O)(=O)c2ccc(Cl)s2)cc1Cl. The molecule has 9 heteroatoms. The van der Waals surface area contributed by atoms with Gasteiger partial charge < -0.3 is 5.32 Å². The second kappa shape index (κ2) is 7.25. The minimum atomic E-state index is -3.74. The van der Waals surface area contributed by atoms with Crippen molar-refractivity contribution in [3.63, 3.8) is 0 Å². The van der Waals surface area contributed by atoms with E-state index in [0.29, 0.717) is 34.4 Å². The largest absolute Gasteiger partial charge is 0.325 e. The van der Waals surface area contributed by atoms with Crippen LogP contribution < -0.4 is 5.32 Å². The zero-order valence-corrected chi connectivity index (χ0v) is 16.5. The number of benzene rings is 1. The minimum absolute atomic E-state index is 0.149. The molecule has 0 bridgehead atoms. The first-order chi connectivity index (χ1) is 11.8. The highest BCUT2D eigenvalue weighted by Crippen LogP contribution is 2.32. The lowest BCUT2D eigenvalue weighted by molar-refractivity contribution is -0.119. The molecule has 0 spiro atoms. The molecule has 134 valence electrons. The molecule has 0 saturated carbocycles. The van der Waals surface area contributed by atoms with Gasteiger partial charge in [-0.3, -0.25) is 4.79 Å². The van der Waals surface area contributed by atoms with Crippen molar-refractivity contribution in [2.75, 3.05) is 11.9 Å². The first-order valence-electron chi connectivity index (χ1n) is 7.63. The summed E-state index contributed by atoms with van der Waals surface area (Å²) in [5.74, 6) is -0.358. The molecule has 1 aliphatic heterocycles. The normalized spacial score (nSPS) is 18.4. The number of rotatable bonds is 4. The van der Waals surface area contributed by atoms with Gasteiger partial charge in [-0.2, -0.15) is 4.31 Å². The topological polar surface area (TPSA) is 66.5 Å². The molecule has 1 amide bonds. The molecule has 2 heterocycles. The van der Waals surface area contributed by atoms with Crippen molar-refractivity contribution in [2.24, 2.45) is 0 Å². The van der Waals surface area contributed by atoms with E-state index in [1.165, 1.54) is 10.4 Å². The van der Waals surface area contributed by atoms with Crippen LogP contribution in [0.15, 0.2) is 34.5 Å². The van der Waals surface area contributed by atoms with Crippen molar-refractivity contribution < 1.29 is 13.2 Å². The highest BCUT2D eigenvalue weighted by Gasteiger charge is 2.40. The Labute approximate surface area is 160 Å². The van der Waals surface area contributed by atoms with Crippen molar-refractivity contribution in [1.29, 1.82) is 0 Å². The number of nitrogens with zero attached hydrogens (tertiary/aromatic N) is 1. The van der Waals surface area contributed by atoms with Gasteiger partial charge in [0, 0.05) is 17.3 Å². The smallest absolute Gasteiger partial charge is 0.253 e. The van der Waals surface area contributed by atoms with Crippen molar-refractivity contribution >= 4 is 56.2 Å². The fourth-order valence-electron chi connectivity index (χ4n) is 2.74. The minimum Gasteiger partial charge on any atom is -0.325 e. The van der Waals surface area contributed by atoms with Crippen LogP contribution >= 0.6 is 34.5 Å². The third-order valence-electron chi connectivity index (χ3n) is 4.06. The van der Waals surface area contributed by atoms with Gasteiger partial charge in [0.25, 0.3) is 10.0 Å². The van der Waals surface area contributed by atoms with Crippen LogP contribution in [0.2, 0.25) is 9.36 Å². The average Bonchev–Trinajstić information content (AvgIpc) is 3.20. The maximum atomic E-state index is 12.8.